The van der Waals surface area contributed by atoms with Crippen LogP contribution in [0.5, 0.6) is 0 Å². The summed E-state index contributed by atoms with van der Waals surface area (Å²) in [6.07, 6.45) is 4.71. The van der Waals surface area contributed by atoms with Gasteiger partial charge in [-0.25, -0.2) is 0 Å². The van der Waals surface area contributed by atoms with Gasteiger partial charge in [0, 0.05) is 17.5 Å². The average Bonchev–Trinajstić information content (AvgIpc) is 3.12. The SMILES string of the molecule is C=CCNC(=O)c1ccccc1NC(=S)NC(=O)/C=C/c1cccs1. The van der Waals surface area contributed by atoms with E-state index in [-0.39, 0.29) is 16.9 Å². The number of hydrogen-bond donors (Lipinski definition) is 3. The second-order valence-electron chi connectivity index (χ2n) is 4.84. The van der Waals surface area contributed by atoms with E-state index in [1.807, 2.05) is 17.5 Å². The van der Waals surface area contributed by atoms with E-state index in [1.54, 1.807) is 36.4 Å². The minimum atomic E-state index is -0.348. The first-order valence-corrected chi connectivity index (χ1v) is 8.70. The lowest BCUT2D eigenvalue weighted by Crippen LogP contribution is -2.34. The summed E-state index contributed by atoms with van der Waals surface area (Å²) in [6, 6.07) is 10.7. The number of para-hydroxylation sites is 1. The molecule has 5 nitrogen and oxygen atoms in total. The van der Waals surface area contributed by atoms with Gasteiger partial charge in [-0.05, 0) is 41.9 Å². The van der Waals surface area contributed by atoms with E-state index in [0.29, 0.717) is 17.8 Å². The van der Waals surface area contributed by atoms with Crippen molar-refractivity contribution >= 4 is 52.2 Å². The van der Waals surface area contributed by atoms with E-state index >= 15 is 0 Å². The van der Waals surface area contributed by atoms with Gasteiger partial charge in [0.05, 0.1) is 11.3 Å². The first kappa shape index (κ1) is 18.6. The van der Waals surface area contributed by atoms with Gasteiger partial charge in [0.25, 0.3) is 5.91 Å². The molecule has 0 saturated carbocycles. The molecule has 0 bridgehead atoms. The molecule has 25 heavy (non-hydrogen) atoms. The maximum atomic E-state index is 12.1. The fourth-order valence-electron chi connectivity index (χ4n) is 1.90. The average molecular weight is 371 g/mol. The predicted molar refractivity (Wildman–Crippen MR) is 107 cm³/mol. The Morgan fingerprint density at radius 1 is 1.20 bits per heavy atom. The van der Waals surface area contributed by atoms with Crippen molar-refractivity contribution in [2.45, 2.75) is 0 Å². The van der Waals surface area contributed by atoms with Crippen LogP contribution < -0.4 is 16.0 Å². The standard InChI is InChI=1S/C18H17N3O2S2/c1-2-11-19-17(23)14-7-3-4-8-15(14)20-18(24)21-16(22)10-9-13-6-5-12-25-13/h2-10,12H,1,11H2,(H,19,23)(H2,20,21,22,24)/b10-9+. The van der Waals surface area contributed by atoms with E-state index in [2.05, 4.69) is 22.5 Å². The molecule has 0 unspecified atom stereocenters. The lowest BCUT2D eigenvalue weighted by molar-refractivity contribution is -0.115. The van der Waals surface area contributed by atoms with E-state index in [1.165, 1.54) is 17.4 Å². The van der Waals surface area contributed by atoms with Gasteiger partial charge in [-0.2, -0.15) is 0 Å². The van der Waals surface area contributed by atoms with Crippen molar-refractivity contribution in [1.82, 2.24) is 10.6 Å². The molecule has 2 aromatic rings. The lowest BCUT2D eigenvalue weighted by atomic mass is 10.1. The number of rotatable bonds is 6. The van der Waals surface area contributed by atoms with Crippen LogP contribution in [0.15, 0.2) is 60.5 Å². The summed E-state index contributed by atoms with van der Waals surface area (Å²) < 4.78 is 0. The number of amides is 2. The Kier molecular flexibility index (Phi) is 7.06. The van der Waals surface area contributed by atoms with Crippen LogP contribution in [-0.2, 0) is 4.79 Å². The molecule has 0 fully saturated rings. The number of nitrogens with one attached hydrogen (secondary N) is 3. The summed E-state index contributed by atoms with van der Waals surface area (Å²) in [5.74, 6) is -0.603. The summed E-state index contributed by atoms with van der Waals surface area (Å²) in [5.41, 5.74) is 0.937. The molecule has 1 heterocycles. The molecule has 0 aliphatic heterocycles. The van der Waals surface area contributed by atoms with Crippen LogP contribution in [-0.4, -0.2) is 23.5 Å². The lowest BCUT2D eigenvalue weighted by Gasteiger charge is -2.12. The molecule has 3 N–H and O–H groups in total. The highest BCUT2D eigenvalue weighted by Gasteiger charge is 2.11. The minimum Gasteiger partial charge on any atom is -0.349 e. The Morgan fingerprint density at radius 3 is 2.72 bits per heavy atom. The van der Waals surface area contributed by atoms with Crippen LogP contribution in [0.4, 0.5) is 5.69 Å². The Balaban J connectivity index is 1.97. The molecule has 0 aliphatic carbocycles. The second kappa shape index (κ2) is 9.51. The highest BCUT2D eigenvalue weighted by molar-refractivity contribution is 7.80. The molecule has 0 radical (unpaired) electrons. The summed E-state index contributed by atoms with van der Waals surface area (Å²) in [5, 5.41) is 10.2. The summed E-state index contributed by atoms with van der Waals surface area (Å²) >= 11 is 6.67. The summed E-state index contributed by atoms with van der Waals surface area (Å²) in [6.45, 7) is 3.92. The zero-order valence-electron chi connectivity index (χ0n) is 13.3. The molecule has 0 saturated heterocycles. The van der Waals surface area contributed by atoms with Crippen molar-refractivity contribution < 1.29 is 9.59 Å². The van der Waals surface area contributed by atoms with Gasteiger partial charge in [0.15, 0.2) is 5.11 Å². The number of thiocarbonyl (C=S) groups is 1. The molecular weight excluding hydrogens is 354 g/mol. The van der Waals surface area contributed by atoms with Crippen molar-refractivity contribution in [3.8, 4) is 0 Å². The molecule has 2 rings (SSSR count). The number of carbonyl (C=O) groups is 2. The molecule has 1 aromatic heterocycles. The molecule has 0 aliphatic rings. The zero-order chi connectivity index (χ0) is 18.1. The number of benzene rings is 1. The van der Waals surface area contributed by atoms with Gasteiger partial charge in [0.2, 0.25) is 5.91 Å². The fourth-order valence-corrected chi connectivity index (χ4v) is 2.73. The summed E-state index contributed by atoms with van der Waals surface area (Å²) in [7, 11) is 0. The van der Waals surface area contributed by atoms with Crippen LogP contribution in [0.2, 0.25) is 0 Å². The van der Waals surface area contributed by atoms with Crippen molar-refractivity contribution in [3.05, 3.63) is 70.9 Å². The van der Waals surface area contributed by atoms with E-state index in [9.17, 15) is 9.59 Å². The Bertz CT molecular complexity index is 798. The van der Waals surface area contributed by atoms with Crippen LogP contribution in [0, 0.1) is 0 Å². The predicted octanol–water partition coefficient (Wildman–Crippen LogP) is 3.19. The Morgan fingerprint density at radius 2 is 2.00 bits per heavy atom. The second-order valence-corrected chi connectivity index (χ2v) is 6.22. The largest absolute Gasteiger partial charge is 0.349 e. The monoisotopic (exact) mass is 371 g/mol. The van der Waals surface area contributed by atoms with Crippen molar-refractivity contribution in [2.75, 3.05) is 11.9 Å². The first-order chi connectivity index (χ1) is 12.1. The van der Waals surface area contributed by atoms with E-state index in [4.69, 9.17) is 12.2 Å². The van der Waals surface area contributed by atoms with Crippen LogP contribution >= 0.6 is 23.6 Å². The Hall–Kier alpha value is -2.77. The van der Waals surface area contributed by atoms with Gasteiger partial charge >= 0.3 is 0 Å². The maximum Gasteiger partial charge on any atom is 0.253 e. The Labute approximate surface area is 155 Å². The highest BCUT2D eigenvalue weighted by Crippen LogP contribution is 2.15. The zero-order valence-corrected chi connectivity index (χ0v) is 15.0. The topological polar surface area (TPSA) is 70.2 Å². The smallest absolute Gasteiger partial charge is 0.253 e. The van der Waals surface area contributed by atoms with Crippen molar-refractivity contribution in [1.29, 1.82) is 0 Å². The molecule has 7 heteroatoms. The molecule has 2 amide bonds. The highest BCUT2D eigenvalue weighted by atomic mass is 32.1. The molecular formula is C18H17N3O2S2. The molecule has 0 spiro atoms. The third kappa shape index (κ3) is 5.98. The molecule has 1 aromatic carbocycles. The number of thiophene rings is 1. The first-order valence-electron chi connectivity index (χ1n) is 7.42. The maximum absolute atomic E-state index is 12.1. The minimum absolute atomic E-state index is 0.116. The third-order valence-electron chi connectivity index (χ3n) is 3.01. The van der Waals surface area contributed by atoms with Gasteiger partial charge in [-0.15, -0.1) is 17.9 Å². The van der Waals surface area contributed by atoms with Crippen molar-refractivity contribution in [3.63, 3.8) is 0 Å². The van der Waals surface area contributed by atoms with Crippen molar-refractivity contribution in [2.24, 2.45) is 0 Å². The van der Waals surface area contributed by atoms with Gasteiger partial charge in [-0.1, -0.05) is 24.3 Å². The molecule has 128 valence electrons. The van der Waals surface area contributed by atoms with Crippen LogP contribution in [0.1, 0.15) is 15.2 Å². The van der Waals surface area contributed by atoms with Crippen LogP contribution in [0.25, 0.3) is 6.08 Å². The van der Waals surface area contributed by atoms with Gasteiger partial charge < -0.3 is 10.6 Å². The quantitative estimate of drug-likeness (QED) is 0.414. The normalized spacial score (nSPS) is 10.2. The van der Waals surface area contributed by atoms with Gasteiger partial charge in [0.1, 0.15) is 0 Å². The number of anilines is 1. The number of carbonyl (C=O) groups excluding carboxylic acids is 2. The third-order valence-corrected chi connectivity index (χ3v) is 4.05. The summed E-state index contributed by atoms with van der Waals surface area (Å²) in [4.78, 5) is 25.0. The fraction of sp³-hybridized carbons (Fsp3) is 0.0556. The number of hydrogen-bond acceptors (Lipinski definition) is 4. The molecule has 0 atom stereocenters. The van der Waals surface area contributed by atoms with Gasteiger partial charge in [-0.3, -0.25) is 14.9 Å². The van der Waals surface area contributed by atoms with Crippen LogP contribution in [0.3, 0.4) is 0 Å². The van der Waals surface area contributed by atoms with E-state index in [0.717, 1.165) is 4.88 Å². The van der Waals surface area contributed by atoms with E-state index < -0.39 is 0 Å².